The van der Waals surface area contributed by atoms with E-state index in [1.807, 2.05) is 4.90 Å². The lowest BCUT2D eigenvalue weighted by molar-refractivity contribution is -0.128. The topological polar surface area (TPSA) is 32.8 Å². The van der Waals surface area contributed by atoms with Crippen molar-refractivity contribution in [3.8, 4) is 5.75 Å². The van der Waals surface area contributed by atoms with Crippen LogP contribution in [0.4, 0.5) is 4.39 Å². The van der Waals surface area contributed by atoms with Crippen LogP contribution in [0, 0.1) is 5.82 Å². The lowest BCUT2D eigenvalue weighted by Gasteiger charge is -2.21. The van der Waals surface area contributed by atoms with Crippen LogP contribution in [0.2, 0.25) is 0 Å². The zero-order valence-corrected chi connectivity index (χ0v) is 11.8. The van der Waals surface area contributed by atoms with Gasteiger partial charge in [-0.15, -0.1) is 0 Å². The van der Waals surface area contributed by atoms with E-state index in [1.165, 1.54) is 12.1 Å². The number of halogens is 1. The third-order valence-corrected chi connectivity index (χ3v) is 3.52. The van der Waals surface area contributed by atoms with E-state index < -0.39 is 0 Å². The van der Waals surface area contributed by atoms with Crippen LogP contribution in [0.5, 0.6) is 5.75 Å². The molecule has 1 aliphatic rings. The van der Waals surface area contributed by atoms with Gasteiger partial charge in [-0.25, -0.2) is 4.39 Å². The molecule has 0 N–H and O–H groups in total. The summed E-state index contributed by atoms with van der Waals surface area (Å²) in [7, 11) is 0. The molecule has 0 unspecified atom stereocenters. The second-order valence-electron chi connectivity index (χ2n) is 5.00. The summed E-state index contributed by atoms with van der Waals surface area (Å²) in [5.41, 5.74) is 0. The lowest BCUT2D eigenvalue weighted by Crippen LogP contribution is -2.35. The predicted molar refractivity (Wildman–Crippen MR) is 75.2 cm³/mol. The molecule has 20 heavy (non-hydrogen) atoms. The molecular weight excluding hydrogens is 259 g/mol. The van der Waals surface area contributed by atoms with Crippen molar-refractivity contribution in [2.75, 3.05) is 39.3 Å². The summed E-state index contributed by atoms with van der Waals surface area (Å²) in [4.78, 5) is 15.5. The lowest BCUT2D eigenvalue weighted by atomic mass is 10.3. The molecule has 0 atom stereocenters. The summed E-state index contributed by atoms with van der Waals surface area (Å²) in [6, 6.07) is 6.06. The van der Waals surface area contributed by atoms with Crippen LogP contribution < -0.4 is 4.74 Å². The molecule has 1 aliphatic heterocycles. The van der Waals surface area contributed by atoms with Gasteiger partial charge in [0.25, 0.3) is 0 Å². The van der Waals surface area contributed by atoms with Crippen molar-refractivity contribution in [3.63, 3.8) is 0 Å². The molecule has 0 aromatic heterocycles. The minimum absolute atomic E-state index is 0.148. The zero-order valence-electron chi connectivity index (χ0n) is 11.8. The quantitative estimate of drug-likeness (QED) is 0.842. The van der Waals surface area contributed by atoms with Gasteiger partial charge in [0.15, 0.2) is 0 Å². The third kappa shape index (κ3) is 4.49. The van der Waals surface area contributed by atoms with Crippen LogP contribution >= 0.6 is 0 Å². The Bertz CT molecular complexity index is 436. The van der Waals surface area contributed by atoms with Gasteiger partial charge in [-0.2, -0.15) is 0 Å². The highest BCUT2D eigenvalue weighted by Gasteiger charge is 2.16. The number of ether oxygens (including phenoxy) is 1. The van der Waals surface area contributed by atoms with Crippen LogP contribution in [0.3, 0.4) is 0 Å². The van der Waals surface area contributed by atoms with E-state index in [0.717, 1.165) is 39.1 Å². The molecule has 2 rings (SSSR count). The van der Waals surface area contributed by atoms with E-state index in [1.54, 1.807) is 19.1 Å². The second kappa shape index (κ2) is 7.24. The molecule has 4 nitrogen and oxygen atoms in total. The molecule has 0 aliphatic carbocycles. The van der Waals surface area contributed by atoms with Crippen molar-refractivity contribution in [1.82, 2.24) is 9.80 Å². The van der Waals surface area contributed by atoms with E-state index in [4.69, 9.17) is 4.74 Å². The van der Waals surface area contributed by atoms with E-state index in [9.17, 15) is 9.18 Å². The molecule has 1 aromatic rings. The van der Waals surface area contributed by atoms with E-state index >= 15 is 0 Å². The highest BCUT2D eigenvalue weighted by atomic mass is 19.1. The summed E-state index contributed by atoms with van der Waals surface area (Å²) in [6.45, 7) is 6.50. The first-order valence-electron chi connectivity index (χ1n) is 7.01. The molecular formula is C15H21FN2O2. The summed E-state index contributed by atoms with van der Waals surface area (Å²) in [5.74, 6) is 0.579. The first-order valence-corrected chi connectivity index (χ1v) is 7.01. The molecule has 0 bridgehead atoms. The van der Waals surface area contributed by atoms with Gasteiger partial charge < -0.3 is 9.64 Å². The number of rotatable bonds is 4. The van der Waals surface area contributed by atoms with Crippen LogP contribution in [-0.4, -0.2) is 55.0 Å². The number of carbonyl (C=O) groups is 1. The van der Waals surface area contributed by atoms with Crippen molar-refractivity contribution < 1.29 is 13.9 Å². The van der Waals surface area contributed by atoms with Crippen LogP contribution in [0.15, 0.2) is 24.3 Å². The molecule has 1 aromatic carbocycles. The Morgan fingerprint density at radius 1 is 1.20 bits per heavy atom. The molecule has 1 amide bonds. The molecule has 1 heterocycles. The first kappa shape index (κ1) is 14.8. The van der Waals surface area contributed by atoms with Gasteiger partial charge in [0, 0.05) is 39.6 Å². The fourth-order valence-electron chi connectivity index (χ4n) is 2.33. The third-order valence-electron chi connectivity index (χ3n) is 3.52. The number of nitrogens with zero attached hydrogens (tertiary/aromatic N) is 2. The van der Waals surface area contributed by atoms with Gasteiger partial charge in [-0.1, -0.05) is 0 Å². The number of hydrogen-bond acceptors (Lipinski definition) is 3. The van der Waals surface area contributed by atoms with Gasteiger partial charge in [-0.05, 0) is 30.7 Å². The van der Waals surface area contributed by atoms with Crippen LogP contribution in [0.25, 0.3) is 0 Å². The summed E-state index contributed by atoms with van der Waals surface area (Å²) >= 11 is 0. The Morgan fingerprint density at radius 2 is 1.95 bits per heavy atom. The van der Waals surface area contributed by atoms with E-state index in [0.29, 0.717) is 12.4 Å². The van der Waals surface area contributed by atoms with Gasteiger partial charge in [0.05, 0.1) is 0 Å². The minimum atomic E-state index is -0.255. The number of benzene rings is 1. The highest BCUT2D eigenvalue weighted by Crippen LogP contribution is 2.11. The van der Waals surface area contributed by atoms with Crippen molar-refractivity contribution in [3.05, 3.63) is 30.1 Å². The maximum Gasteiger partial charge on any atom is 0.219 e. The molecule has 110 valence electrons. The maximum atomic E-state index is 12.8. The Labute approximate surface area is 119 Å². The first-order chi connectivity index (χ1) is 9.65. The molecule has 1 saturated heterocycles. The SMILES string of the molecule is CC(=O)N1CCCN(CCOc2ccc(F)cc2)CC1. The summed E-state index contributed by atoms with van der Waals surface area (Å²) in [5, 5.41) is 0. The Morgan fingerprint density at radius 3 is 2.65 bits per heavy atom. The van der Waals surface area contributed by atoms with Crippen molar-refractivity contribution in [1.29, 1.82) is 0 Å². The summed E-state index contributed by atoms with van der Waals surface area (Å²) < 4.78 is 18.3. The molecule has 0 saturated carbocycles. The average Bonchev–Trinajstić information content (AvgIpc) is 2.67. The smallest absolute Gasteiger partial charge is 0.219 e. The van der Waals surface area contributed by atoms with Gasteiger partial charge >= 0.3 is 0 Å². The van der Waals surface area contributed by atoms with Gasteiger partial charge in [0.2, 0.25) is 5.91 Å². The Hall–Kier alpha value is -1.62. The second-order valence-corrected chi connectivity index (χ2v) is 5.00. The molecule has 5 heteroatoms. The highest BCUT2D eigenvalue weighted by molar-refractivity contribution is 5.73. The van der Waals surface area contributed by atoms with Crippen molar-refractivity contribution >= 4 is 5.91 Å². The number of hydrogen-bond donors (Lipinski definition) is 0. The van der Waals surface area contributed by atoms with Crippen molar-refractivity contribution in [2.24, 2.45) is 0 Å². The zero-order chi connectivity index (χ0) is 14.4. The Kier molecular flexibility index (Phi) is 5.35. The van der Waals surface area contributed by atoms with Gasteiger partial charge in [-0.3, -0.25) is 9.69 Å². The number of amides is 1. The molecule has 0 spiro atoms. The maximum absolute atomic E-state index is 12.8. The van der Waals surface area contributed by atoms with E-state index in [2.05, 4.69) is 4.90 Å². The Balaban J connectivity index is 1.71. The fraction of sp³-hybridized carbons (Fsp3) is 0.533. The normalized spacial score (nSPS) is 16.8. The largest absolute Gasteiger partial charge is 0.492 e. The van der Waals surface area contributed by atoms with Crippen LogP contribution in [0.1, 0.15) is 13.3 Å². The van der Waals surface area contributed by atoms with Crippen LogP contribution in [-0.2, 0) is 4.79 Å². The predicted octanol–water partition coefficient (Wildman–Crippen LogP) is 1.76. The van der Waals surface area contributed by atoms with E-state index in [-0.39, 0.29) is 11.7 Å². The monoisotopic (exact) mass is 280 g/mol. The standard InChI is InChI=1S/C15H21FN2O2/c1-13(19)18-8-2-7-17(9-10-18)11-12-20-15-5-3-14(16)4-6-15/h3-6H,2,7-12H2,1H3. The molecule has 0 radical (unpaired) electrons. The van der Waals surface area contributed by atoms with Crippen molar-refractivity contribution in [2.45, 2.75) is 13.3 Å². The molecule has 1 fully saturated rings. The number of carbonyl (C=O) groups excluding carboxylic acids is 1. The fourth-order valence-corrected chi connectivity index (χ4v) is 2.33. The average molecular weight is 280 g/mol. The summed E-state index contributed by atoms with van der Waals surface area (Å²) in [6.07, 6.45) is 0.996. The minimum Gasteiger partial charge on any atom is -0.492 e. The van der Waals surface area contributed by atoms with Gasteiger partial charge in [0.1, 0.15) is 18.2 Å².